The fourth-order valence-corrected chi connectivity index (χ4v) is 2.30. The van der Waals surface area contributed by atoms with Crippen molar-refractivity contribution in [3.05, 3.63) is 0 Å². The van der Waals surface area contributed by atoms with Crippen molar-refractivity contribution in [1.29, 1.82) is 5.26 Å². The number of nitrogens with one attached hydrogen (secondary N) is 1. The Hall–Kier alpha value is -0.830. The molecule has 0 aromatic rings. The standard InChI is InChI=1S/C11H17N3O2.ClH/c12-9-11(1-3-13-4-2-11)10(15)14-5-7-16-8-6-14;/h13H,1-8H2;1H. The Morgan fingerprint density at radius 1 is 1.29 bits per heavy atom. The molecule has 2 aliphatic rings. The second-order valence-corrected chi connectivity index (χ2v) is 4.35. The third-order valence-corrected chi connectivity index (χ3v) is 3.38. The molecule has 2 saturated heterocycles. The van der Waals surface area contributed by atoms with Gasteiger partial charge in [0, 0.05) is 13.1 Å². The number of piperidine rings is 1. The van der Waals surface area contributed by atoms with Crippen LogP contribution in [0.25, 0.3) is 0 Å². The SMILES string of the molecule is Cl.N#CC1(C(=O)N2CCOCC2)CCNCC1. The molecule has 0 spiro atoms. The normalized spacial score (nSPS) is 23.4. The van der Waals surface area contributed by atoms with Gasteiger partial charge in [-0.1, -0.05) is 0 Å². The van der Waals surface area contributed by atoms with E-state index < -0.39 is 5.41 Å². The molecule has 2 fully saturated rings. The molecule has 2 aliphatic heterocycles. The highest BCUT2D eigenvalue weighted by Gasteiger charge is 2.42. The predicted molar refractivity (Wildman–Crippen MR) is 64.8 cm³/mol. The summed E-state index contributed by atoms with van der Waals surface area (Å²) in [6.45, 7) is 3.93. The van der Waals surface area contributed by atoms with E-state index in [4.69, 9.17) is 4.74 Å². The molecular formula is C11H18ClN3O2. The Balaban J connectivity index is 0.00000144. The first kappa shape index (κ1) is 14.2. The van der Waals surface area contributed by atoms with Crippen LogP contribution in [0.5, 0.6) is 0 Å². The maximum atomic E-state index is 12.3. The fourth-order valence-electron chi connectivity index (χ4n) is 2.30. The highest BCUT2D eigenvalue weighted by atomic mass is 35.5. The highest BCUT2D eigenvalue weighted by molar-refractivity contribution is 5.86. The molecule has 96 valence electrons. The lowest BCUT2D eigenvalue weighted by Crippen LogP contribution is -2.51. The molecule has 0 radical (unpaired) electrons. The fraction of sp³-hybridized carbons (Fsp3) is 0.818. The van der Waals surface area contributed by atoms with Crippen molar-refractivity contribution in [3.63, 3.8) is 0 Å². The van der Waals surface area contributed by atoms with Gasteiger partial charge >= 0.3 is 0 Å². The summed E-state index contributed by atoms with van der Waals surface area (Å²) in [4.78, 5) is 14.1. The summed E-state index contributed by atoms with van der Waals surface area (Å²) in [6, 6.07) is 2.24. The van der Waals surface area contributed by atoms with Crippen LogP contribution in [0.15, 0.2) is 0 Å². The van der Waals surface area contributed by atoms with Crippen molar-refractivity contribution in [2.45, 2.75) is 12.8 Å². The number of morpholine rings is 1. The zero-order chi connectivity index (χ0) is 11.4. The largest absolute Gasteiger partial charge is 0.378 e. The predicted octanol–water partition coefficient (Wildman–Crippen LogP) is 0.160. The average Bonchev–Trinajstić information content (AvgIpc) is 2.39. The van der Waals surface area contributed by atoms with Gasteiger partial charge in [0.15, 0.2) is 0 Å². The van der Waals surface area contributed by atoms with E-state index in [1.54, 1.807) is 4.90 Å². The van der Waals surface area contributed by atoms with E-state index >= 15 is 0 Å². The first-order valence-corrected chi connectivity index (χ1v) is 5.78. The monoisotopic (exact) mass is 259 g/mol. The minimum Gasteiger partial charge on any atom is -0.378 e. The van der Waals surface area contributed by atoms with Crippen LogP contribution >= 0.6 is 12.4 Å². The molecule has 0 aliphatic carbocycles. The zero-order valence-corrected chi connectivity index (χ0v) is 10.6. The van der Waals surface area contributed by atoms with E-state index in [0.29, 0.717) is 39.1 Å². The van der Waals surface area contributed by atoms with E-state index in [2.05, 4.69) is 11.4 Å². The van der Waals surface area contributed by atoms with Crippen molar-refractivity contribution >= 4 is 18.3 Å². The van der Waals surface area contributed by atoms with Gasteiger partial charge in [-0.2, -0.15) is 5.26 Å². The van der Waals surface area contributed by atoms with Gasteiger partial charge in [0.25, 0.3) is 0 Å². The number of carbonyl (C=O) groups is 1. The first-order valence-electron chi connectivity index (χ1n) is 5.78. The van der Waals surface area contributed by atoms with Gasteiger partial charge in [0.2, 0.25) is 5.91 Å². The van der Waals surface area contributed by atoms with E-state index in [1.165, 1.54) is 0 Å². The van der Waals surface area contributed by atoms with Gasteiger partial charge in [-0.25, -0.2) is 0 Å². The van der Waals surface area contributed by atoms with Crippen LogP contribution in [0.4, 0.5) is 0 Å². The number of nitrogens with zero attached hydrogens (tertiary/aromatic N) is 2. The zero-order valence-electron chi connectivity index (χ0n) is 9.78. The number of nitriles is 1. The second kappa shape index (κ2) is 6.20. The lowest BCUT2D eigenvalue weighted by molar-refractivity contribution is -0.144. The molecule has 1 N–H and O–H groups in total. The smallest absolute Gasteiger partial charge is 0.243 e. The molecule has 0 aromatic heterocycles. The number of amides is 1. The van der Waals surface area contributed by atoms with Crippen LogP contribution in [-0.4, -0.2) is 50.2 Å². The molecular weight excluding hydrogens is 242 g/mol. The number of hydrogen-bond donors (Lipinski definition) is 1. The molecule has 0 atom stereocenters. The second-order valence-electron chi connectivity index (χ2n) is 4.35. The van der Waals surface area contributed by atoms with Crippen molar-refractivity contribution < 1.29 is 9.53 Å². The summed E-state index contributed by atoms with van der Waals surface area (Å²) in [7, 11) is 0. The molecule has 6 heteroatoms. The molecule has 2 rings (SSSR count). The summed E-state index contributed by atoms with van der Waals surface area (Å²) in [5.74, 6) is -0.000185. The lowest BCUT2D eigenvalue weighted by atomic mass is 9.79. The molecule has 1 amide bonds. The van der Waals surface area contributed by atoms with Crippen LogP contribution in [0.3, 0.4) is 0 Å². The maximum Gasteiger partial charge on any atom is 0.243 e. The van der Waals surface area contributed by atoms with Crippen molar-refractivity contribution in [1.82, 2.24) is 10.2 Å². The number of carbonyl (C=O) groups excluding carboxylic acids is 1. The summed E-state index contributed by atoms with van der Waals surface area (Å²) in [5, 5.41) is 12.5. The van der Waals surface area contributed by atoms with Crippen LogP contribution in [-0.2, 0) is 9.53 Å². The van der Waals surface area contributed by atoms with Gasteiger partial charge in [0.05, 0.1) is 19.3 Å². The quantitative estimate of drug-likeness (QED) is 0.729. The van der Waals surface area contributed by atoms with Crippen LogP contribution < -0.4 is 5.32 Å². The molecule has 0 saturated carbocycles. The van der Waals surface area contributed by atoms with Crippen molar-refractivity contribution in [2.24, 2.45) is 5.41 Å². The topological polar surface area (TPSA) is 65.4 Å². The summed E-state index contributed by atoms with van der Waals surface area (Å²) < 4.78 is 5.21. The molecule has 2 heterocycles. The number of rotatable bonds is 1. The Labute approximate surface area is 108 Å². The average molecular weight is 260 g/mol. The summed E-state index contributed by atoms with van der Waals surface area (Å²) >= 11 is 0. The molecule has 5 nitrogen and oxygen atoms in total. The Kier molecular flexibility index (Phi) is 5.19. The lowest BCUT2D eigenvalue weighted by Gasteiger charge is -2.36. The van der Waals surface area contributed by atoms with Gasteiger partial charge < -0.3 is 15.0 Å². The summed E-state index contributed by atoms with van der Waals surface area (Å²) in [5.41, 5.74) is -0.789. The van der Waals surface area contributed by atoms with Gasteiger partial charge in [-0.15, -0.1) is 12.4 Å². The maximum absolute atomic E-state index is 12.3. The molecule has 0 bridgehead atoms. The minimum absolute atomic E-state index is 0. The van der Waals surface area contributed by atoms with Crippen LogP contribution in [0.2, 0.25) is 0 Å². The van der Waals surface area contributed by atoms with E-state index in [1.807, 2.05) is 0 Å². The number of ether oxygens (including phenoxy) is 1. The highest BCUT2D eigenvalue weighted by Crippen LogP contribution is 2.30. The van der Waals surface area contributed by atoms with Crippen molar-refractivity contribution in [2.75, 3.05) is 39.4 Å². The third-order valence-electron chi connectivity index (χ3n) is 3.38. The molecule has 0 aromatic carbocycles. The Bertz CT molecular complexity index is 304. The van der Waals surface area contributed by atoms with E-state index in [9.17, 15) is 10.1 Å². The Morgan fingerprint density at radius 2 is 1.88 bits per heavy atom. The molecule has 0 unspecified atom stereocenters. The number of hydrogen-bond acceptors (Lipinski definition) is 4. The van der Waals surface area contributed by atoms with Crippen LogP contribution in [0.1, 0.15) is 12.8 Å². The van der Waals surface area contributed by atoms with E-state index in [0.717, 1.165) is 13.1 Å². The minimum atomic E-state index is -0.789. The Morgan fingerprint density at radius 3 is 2.41 bits per heavy atom. The van der Waals surface area contributed by atoms with Gasteiger partial charge in [-0.05, 0) is 25.9 Å². The number of halogens is 1. The molecule has 17 heavy (non-hydrogen) atoms. The van der Waals surface area contributed by atoms with Crippen LogP contribution in [0, 0.1) is 16.7 Å². The van der Waals surface area contributed by atoms with E-state index in [-0.39, 0.29) is 18.3 Å². The summed E-state index contributed by atoms with van der Waals surface area (Å²) in [6.07, 6.45) is 1.25. The first-order chi connectivity index (χ1) is 7.78. The van der Waals surface area contributed by atoms with Crippen molar-refractivity contribution in [3.8, 4) is 6.07 Å². The van der Waals surface area contributed by atoms with Gasteiger partial charge in [-0.3, -0.25) is 4.79 Å². The van der Waals surface area contributed by atoms with Gasteiger partial charge in [0.1, 0.15) is 5.41 Å². The third kappa shape index (κ3) is 2.89.